The Hall–Kier alpha value is -0.580. The smallest absolute Gasteiger partial charge is 0.207 e. The maximum absolute atomic E-state index is 11.7. The lowest BCUT2D eigenvalue weighted by molar-refractivity contribution is 0.405. The molecule has 0 spiro atoms. The van der Waals surface area contributed by atoms with Crippen molar-refractivity contribution in [2.75, 3.05) is 0 Å². The van der Waals surface area contributed by atoms with Crippen LogP contribution in [0.1, 0.15) is 6.92 Å². The van der Waals surface area contributed by atoms with Crippen LogP contribution in [0.2, 0.25) is 5.02 Å². The highest BCUT2D eigenvalue weighted by molar-refractivity contribution is 7.92. The van der Waals surface area contributed by atoms with Gasteiger partial charge < -0.3 is 4.74 Å². The summed E-state index contributed by atoms with van der Waals surface area (Å²) in [5, 5.41) is 0.522. The summed E-state index contributed by atoms with van der Waals surface area (Å²) in [6.07, 6.45) is -0.198. The molecule has 2 atom stereocenters. The highest BCUT2D eigenvalue weighted by Gasteiger charge is 2.46. The van der Waals surface area contributed by atoms with Crippen molar-refractivity contribution in [2.24, 2.45) is 0 Å². The quantitative estimate of drug-likeness (QED) is 0.732. The molecule has 1 aromatic rings. The average Bonchev–Trinajstić information content (AvgIpc) is 2.84. The molecule has 0 amide bonds. The monoisotopic (exact) mass is 232 g/mol. The molecule has 0 radical (unpaired) electrons. The number of rotatable bonds is 2. The first kappa shape index (κ1) is 9.96. The van der Waals surface area contributed by atoms with E-state index in [9.17, 15) is 8.42 Å². The zero-order valence-corrected chi connectivity index (χ0v) is 9.05. The summed E-state index contributed by atoms with van der Waals surface area (Å²) >= 11 is 5.66. The second kappa shape index (κ2) is 3.22. The van der Waals surface area contributed by atoms with Gasteiger partial charge in [0.1, 0.15) is 0 Å². The van der Waals surface area contributed by atoms with E-state index in [0.717, 1.165) is 0 Å². The fourth-order valence-corrected chi connectivity index (χ4v) is 2.99. The molecule has 1 aromatic carbocycles. The molecule has 2 unspecified atom stereocenters. The van der Waals surface area contributed by atoms with Crippen molar-refractivity contribution in [3.05, 3.63) is 29.3 Å². The topological polar surface area (TPSA) is 46.7 Å². The van der Waals surface area contributed by atoms with Crippen molar-refractivity contribution in [3.63, 3.8) is 0 Å². The molecule has 76 valence electrons. The Morgan fingerprint density at radius 2 is 1.79 bits per heavy atom. The molecule has 1 fully saturated rings. The fourth-order valence-electron chi connectivity index (χ4n) is 1.25. The molecule has 3 nitrogen and oxygen atoms in total. The molecule has 1 aliphatic rings. The predicted molar refractivity (Wildman–Crippen MR) is 53.0 cm³/mol. The van der Waals surface area contributed by atoms with Gasteiger partial charge in [0.25, 0.3) is 0 Å². The minimum absolute atomic E-state index is 0.198. The van der Waals surface area contributed by atoms with Gasteiger partial charge in [-0.2, -0.15) is 0 Å². The van der Waals surface area contributed by atoms with Gasteiger partial charge in [-0.05, 0) is 31.2 Å². The summed E-state index contributed by atoms with van der Waals surface area (Å²) in [6.45, 7) is 1.73. The molecular weight excluding hydrogens is 224 g/mol. The van der Waals surface area contributed by atoms with Gasteiger partial charge >= 0.3 is 0 Å². The van der Waals surface area contributed by atoms with Crippen molar-refractivity contribution in [2.45, 2.75) is 23.4 Å². The number of benzene rings is 1. The molecule has 2 rings (SSSR count). The van der Waals surface area contributed by atoms with E-state index in [-0.39, 0.29) is 11.0 Å². The summed E-state index contributed by atoms with van der Waals surface area (Å²) in [7, 11) is -3.31. The number of hydrogen-bond donors (Lipinski definition) is 0. The average molecular weight is 233 g/mol. The lowest BCUT2D eigenvalue weighted by Gasteiger charge is -2.00. The van der Waals surface area contributed by atoms with Crippen LogP contribution in [0, 0.1) is 0 Å². The van der Waals surface area contributed by atoms with Crippen molar-refractivity contribution >= 4 is 21.4 Å². The maximum Gasteiger partial charge on any atom is 0.207 e. The third-order valence-electron chi connectivity index (χ3n) is 2.10. The molecule has 0 aromatic heterocycles. The SMILES string of the molecule is CC1OC1S(=O)(=O)c1ccc(Cl)cc1. The van der Waals surface area contributed by atoms with E-state index in [1.807, 2.05) is 0 Å². The molecule has 5 heteroatoms. The van der Waals surface area contributed by atoms with E-state index in [0.29, 0.717) is 5.02 Å². The van der Waals surface area contributed by atoms with E-state index in [2.05, 4.69) is 0 Å². The number of sulfone groups is 1. The summed E-state index contributed by atoms with van der Waals surface area (Å²) in [4.78, 5) is 0.260. The van der Waals surface area contributed by atoms with Gasteiger partial charge in [-0.1, -0.05) is 11.6 Å². The standard InChI is InChI=1S/C9H9ClO3S/c1-6-9(13-6)14(11,12)8-4-2-7(10)3-5-8/h2-6,9H,1H3. The third-order valence-corrected chi connectivity index (χ3v) is 4.39. The van der Waals surface area contributed by atoms with Gasteiger partial charge in [-0.3, -0.25) is 0 Å². The predicted octanol–water partition coefficient (Wildman–Crippen LogP) is 1.86. The molecule has 1 saturated heterocycles. The number of ether oxygens (including phenoxy) is 1. The molecule has 0 N–H and O–H groups in total. The normalized spacial score (nSPS) is 26.1. The Morgan fingerprint density at radius 3 is 2.21 bits per heavy atom. The van der Waals surface area contributed by atoms with Crippen LogP contribution in [-0.2, 0) is 14.6 Å². The summed E-state index contributed by atoms with van der Waals surface area (Å²) in [5.74, 6) is 0. The van der Waals surface area contributed by atoms with E-state index in [1.54, 1.807) is 19.1 Å². The molecule has 1 aliphatic heterocycles. The number of halogens is 1. The Morgan fingerprint density at radius 1 is 1.29 bits per heavy atom. The van der Waals surface area contributed by atoms with Gasteiger partial charge in [0.05, 0.1) is 11.0 Å². The summed E-state index contributed by atoms with van der Waals surface area (Å²) < 4.78 is 28.4. The van der Waals surface area contributed by atoms with Crippen LogP contribution in [0.4, 0.5) is 0 Å². The largest absolute Gasteiger partial charge is 0.352 e. The summed E-state index contributed by atoms with van der Waals surface area (Å²) in [6, 6.07) is 6.10. The molecular formula is C9H9ClO3S. The van der Waals surface area contributed by atoms with Crippen molar-refractivity contribution in [3.8, 4) is 0 Å². The second-order valence-corrected chi connectivity index (χ2v) is 5.67. The maximum atomic E-state index is 11.7. The number of epoxide rings is 1. The van der Waals surface area contributed by atoms with E-state index < -0.39 is 15.3 Å². The van der Waals surface area contributed by atoms with E-state index in [1.165, 1.54) is 12.1 Å². The van der Waals surface area contributed by atoms with Crippen LogP contribution < -0.4 is 0 Å². The highest BCUT2D eigenvalue weighted by atomic mass is 35.5. The minimum atomic E-state index is -3.31. The molecule has 14 heavy (non-hydrogen) atoms. The highest BCUT2D eigenvalue weighted by Crippen LogP contribution is 2.32. The minimum Gasteiger partial charge on any atom is -0.352 e. The number of hydrogen-bond acceptors (Lipinski definition) is 3. The van der Waals surface area contributed by atoms with Crippen molar-refractivity contribution < 1.29 is 13.2 Å². The Kier molecular flexibility index (Phi) is 2.29. The first-order chi connectivity index (χ1) is 6.51. The van der Waals surface area contributed by atoms with Crippen LogP contribution in [0.5, 0.6) is 0 Å². The van der Waals surface area contributed by atoms with Crippen LogP contribution in [0.25, 0.3) is 0 Å². The van der Waals surface area contributed by atoms with E-state index in [4.69, 9.17) is 16.3 Å². The third kappa shape index (κ3) is 1.65. The van der Waals surface area contributed by atoms with Crippen molar-refractivity contribution in [1.82, 2.24) is 0 Å². The fraction of sp³-hybridized carbons (Fsp3) is 0.333. The lowest BCUT2D eigenvalue weighted by Crippen LogP contribution is -2.10. The van der Waals surface area contributed by atoms with Crippen LogP contribution in [0.3, 0.4) is 0 Å². The van der Waals surface area contributed by atoms with Crippen molar-refractivity contribution in [1.29, 1.82) is 0 Å². The van der Waals surface area contributed by atoms with Gasteiger partial charge in [0, 0.05) is 5.02 Å². The van der Waals surface area contributed by atoms with Crippen LogP contribution in [0.15, 0.2) is 29.2 Å². The van der Waals surface area contributed by atoms with Gasteiger partial charge in [0.15, 0.2) is 5.44 Å². The second-order valence-electron chi connectivity index (χ2n) is 3.21. The zero-order valence-electron chi connectivity index (χ0n) is 7.48. The Balaban J connectivity index is 2.35. The van der Waals surface area contributed by atoms with Gasteiger partial charge in [-0.25, -0.2) is 8.42 Å². The van der Waals surface area contributed by atoms with Gasteiger partial charge in [0.2, 0.25) is 9.84 Å². The first-order valence-electron chi connectivity index (χ1n) is 4.17. The first-order valence-corrected chi connectivity index (χ1v) is 6.09. The zero-order chi connectivity index (χ0) is 10.3. The molecule has 0 saturated carbocycles. The van der Waals surface area contributed by atoms with Crippen LogP contribution >= 0.6 is 11.6 Å². The molecule has 0 bridgehead atoms. The lowest BCUT2D eigenvalue weighted by atomic mass is 10.4. The summed E-state index contributed by atoms with van der Waals surface area (Å²) in [5.41, 5.74) is -0.677. The Bertz CT molecular complexity index is 438. The molecule has 1 heterocycles. The van der Waals surface area contributed by atoms with Gasteiger partial charge in [-0.15, -0.1) is 0 Å². The van der Waals surface area contributed by atoms with E-state index >= 15 is 0 Å². The van der Waals surface area contributed by atoms with Crippen LogP contribution in [-0.4, -0.2) is 20.0 Å². The Labute approximate surface area is 87.6 Å². The molecule has 0 aliphatic carbocycles.